The van der Waals surface area contributed by atoms with Crippen molar-refractivity contribution in [3.63, 3.8) is 0 Å². The van der Waals surface area contributed by atoms with E-state index in [1.165, 1.54) is 4.90 Å². The van der Waals surface area contributed by atoms with Gasteiger partial charge in [0, 0.05) is 25.4 Å². The second-order valence-corrected chi connectivity index (χ2v) is 13.1. The summed E-state index contributed by atoms with van der Waals surface area (Å²) in [6.07, 6.45) is 1.02. The number of rotatable bonds is 8. The Kier molecular flexibility index (Phi) is 9.48. The summed E-state index contributed by atoms with van der Waals surface area (Å²) in [5, 5.41) is 25.5. The van der Waals surface area contributed by atoms with Gasteiger partial charge in [0.05, 0.1) is 28.1 Å². The SMILES string of the molecule is Cc1ncsc1-c1ccc(CNC(=O)[C@@H]2CC(O)CN2C(=O)[C@@H](NC(=O)C2CCC(C(=O)O)CC2)C(C)(C)C)cc1. The Morgan fingerprint density at radius 3 is 2.24 bits per heavy atom. The number of aliphatic hydroxyl groups is 1. The Bertz CT molecular complexity index is 1260. The average Bonchev–Trinajstić information content (AvgIpc) is 3.54. The first-order chi connectivity index (χ1) is 19.3. The Morgan fingerprint density at radius 2 is 1.68 bits per heavy atom. The highest BCUT2D eigenvalue weighted by molar-refractivity contribution is 7.13. The van der Waals surface area contributed by atoms with Crippen molar-refractivity contribution in [1.29, 1.82) is 0 Å². The van der Waals surface area contributed by atoms with E-state index in [0.717, 1.165) is 21.7 Å². The summed E-state index contributed by atoms with van der Waals surface area (Å²) in [6.45, 7) is 7.77. The third-order valence-electron chi connectivity index (χ3n) is 8.14. The number of carboxylic acid groups (broad SMARTS) is 1. The summed E-state index contributed by atoms with van der Waals surface area (Å²) in [7, 11) is 0. The summed E-state index contributed by atoms with van der Waals surface area (Å²) in [4.78, 5) is 58.2. The number of hydrogen-bond acceptors (Lipinski definition) is 7. The standard InChI is InChI=1S/C30H40N4O6S/c1-17-24(41-16-32-17)19-7-5-18(6-8-19)14-31-27(37)23-13-22(35)15-34(23)28(38)25(30(2,3)4)33-26(36)20-9-11-21(12-10-20)29(39)40/h5-8,16,20-23,25,35H,9-15H2,1-4H3,(H,31,37)(H,33,36)(H,39,40)/t20?,21?,22?,23-,25+/m0/s1. The van der Waals surface area contributed by atoms with E-state index in [2.05, 4.69) is 15.6 Å². The van der Waals surface area contributed by atoms with E-state index in [4.69, 9.17) is 0 Å². The van der Waals surface area contributed by atoms with Gasteiger partial charge >= 0.3 is 5.97 Å². The molecule has 1 saturated heterocycles. The fourth-order valence-electron chi connectivity index (χ4n) is 5.64. The number of aliphatic carboxylic acids is 1. The molecule has 2 aliphatic rings. The van der Waals surface area contributed by atoms with E-state index in [1.54, 1.807) is 11.3 Å². The number of aromatic nitrogens is 1. The molecular weight excluding hydrogens is 544 g/mol. The molecule has 3 amide bonds. The molecule has 1 aliphatic carbocycles. The molecule has 41 heavy (non-hydrogen) atoms. The molecule has 0 spiro atoms. The first kappa shape index (κ1) is 30.6. The van der Waals surface area contributed by atoms with Gasteiger partial charge < -0.3 is 25.7 Å². The zero-order chi connectivity index (χ0) is 29.9. The molecule has 2 aromatic rings. The summed E-state index contributed by atoms with van der Waals surface area (Å²) in [5.41, 5.74) is 4.08. The van der Waals surface area contributed by atoms with E-state index >= 15 is 0 Å². The van der Waals surface area contributed by atoms with Crippen LogP contribution in [0.25, 0.3) is 10.4 Å². The quantitative estimate of drug-likeness (QED) is 0.373. The molecule has 0 radical (unpaired) electrons. The Morgan fingerprint density at radius 1 is 1.05 bits per heavy atom. The van der Waals surface area contributed by atoms with Crippen LogP contribution in [0.2, 0.25) is 0 Å². The lowest BCUT2D eigenvalue weighted by Crippen LogP contribution is -2.58. The molecule has 4 rings (SSSR count). The normalized spacial score (nSPS) is 23.6. The maximum Gasteiger partial charge on any atom is 0.306 e. The van der Waals surface area contributed by atoms with Gasteiger partial charge in [0.2, 0.25) is 17.7 Å². The highest BCUT2D eigenvalue weighted by atomic mass is 32.1. The van der Waals surface area contributed by atoms with E-state index in [1.807, 2.05) is 57.5 Å². The molecule has 0 bridgehead atoms. The van der Waals surface area contributed by atoms with Crippen molar-refractivity contribution < 1.29 is 29.4 Å². The summed E-state index contributed by atoms with van der Waals surface area (Å²) < 4.78 is 0. The second kappa shape index (κ2) is 12.7. The maximum atomic E-state index is 13.8. The average molecular weight is 585 g/mol. The van der Waals surface area contributed by atoms with Crippen LogP contribution < -0.4 is 10.6 Å². The molecule has 4 N–H and O–H groups in total. The predicted octanol–water partition coefficient (Wildman–Crippen LogP) is 3.12. The summed E-state index contributed by atoms with van der Waals surface area (Å²) >= 11 is 1.57. The number of aliphatic hydroxyl groups excluding tert-OH is 1. The van der Waals surface area contributed by atoms with Crippen LogP contribution in [0.4, 0.5) is 0 Å². The van der Waals surface area contributed by atoms with E-state index in [9.17, 15) is 29.4 Å². The molecule has 3 atom stereocenters. The number of β-amino-alcohol motifs (C(OH)–C–C–N with tert-alkyl or cyclic N) is 1. The maximum absolute atomic E-state index is 13.8. The number of aryl methyl sites for hydroxylation is 1. The first-order valence-corrected chi connectivity index (χ1v) is 15.0. The van der Waals surface area contributed by atoms with Gasteiger partial charge in [0.25, 0.3) is 0 Å². The van der Waals surface area contributed by atoms with E-state index < -0.39 is 41.4 Å². The molecule has 11 heteroatoms. The third kappa shape index (κ3) is 7.32. The fraction of sp³-hybridized carbons (Fsp3) is 0.567. The van der Waals surface area contributed by atoms with Gasteiger partial charge in [-0.1, -0.05) is 45.0 Å². The van der Waals surface area contributed by atoms with Gasteiger partial charge in [-0.25, -0.2) is 4.98 Å². The highest BCUT2D eigenvalue weighted by Gasteiger charge is 2.45. The Balaban J connectivity index is 1.39. The Hall–Kier alpha value is -3.31. The largest absolute Gasteiger partial charge is 0.481 e. The number of carboxylic acids is 1. The third-order valence-corrected chi connectivity index (χ3v) is 9.12. The van der Waals surface area contributed by atoms with Gasteiger partial charge in [-0.2, -0.15) is 0 Å². The smallest absolute Gasteiger partial charge is 0.306 e. The molecule has 1 aromatic carbocycles. The van der Waals surface area contributed by atoms with Gasteiger partial charge in [-0.3, -0.25) is 19.2 Å². The number of hydrogen-bond donors (Lipinski definition) is 4. The number of thiazole rings is 1. The van der Waals surface area contributed by atoms with Crippen molar-refractivity contribution in [3.05, 3.63) is 41.0 Å². The van der Waals surface area contributed by atoms with Crippen molar-refractivity contribution in [2.45, 2.75) is 84.5 Å². The molecule has 1 unspecified atom stereocenters. The van der Waals surface area contributed by atoms with E-state index in [0.29, 0.717) is 25.7 Å². The van der Waals surface area contributed by atoms with Gasteiger partial charge in [-0.05, 0) is 49.1 Å². The molecule has 1 aromatic heterocycles. The van der Waals surface area contributed by atoms with Crippen LogP contribution in [0.15, 0.2) is 29.8 Å². The van der Waals surface area contributed by atoms with Crippen LogP contribution >= 0.6 is 11.3 Å². The zero-order valence-corrected chi connectivity index (χ0v) is 24.9. The van der Waals surface area contributed by atoms with E-state index in [-0.39, 0.29) is 37.2 Å². The zero-order valence-electron chi connectivity index (χ0n) is 24.1. The minimum Gasteiger partial charge on any atom is -0.481 e. The number of nitrogens with one attached hydrogen (secondary N) is 2. The van der Waals surface area contributed by atoms with Gasteiger partial charge in [-0.15, -0.1) is 11.3 Å². The molecule has 1 saturated carbocycles. The number of carbonyl (C=O) groups excluding carboxylic acids is 3. The van der Waals surface area contributed by atoms with Crippen molar-refractivity contribution in [2.24, 2.45) is 17.3 Å². The van der Waals surface area contributed by atoms with Crippen molar-refractivity contribution in [1.82, 2.24) is 20.5 Å². The van der Waals surface area contributed by atoms with Crippen LogP contribution in [-0.2, 0) is 25.7 Å². The van der Waals surface area contributed by atoms with Crippen LogP contribution in [0, 0.1) is 24.2 Å². The molecule has 10 nitrogen and oxygen atoms in total. The second-order valence-electron chi connectivity index (χ2n) is 12.3. The monoisotopic (exact) mass is 584 g/mol. The van der Waals surface area contributed by atoms with Crippen molar-refractivity contribution in [2.75, 3.05) is 6.54 Å². The predicted molar refractivity (Wildman–Crippen MR) is 155 cm³/mol. The van der Waals surface area contributed by atoms with Gasteiger partial charge in [0.15, 0.2) is 0 Å². The van der Waals surface area contributed by atoms with Crippen molar-refractivity contribution >= 4 is 35.0 Å². The summed E-state index contributed by atoms with van der Waals surface area (Å²) in [5.74, 6) is -2.69. The molecule has 2 heterocycles. The molecule has 1 aliphatic heterocycles. The lowest BCUT2D eigenvalue weighted by Gasteiger charge is -2.36. The summed E-state index contributed by atoms with van der Waals surface area (Å²) in [6, 6.07) is 6.09. The topological polar surface area (TPSA) is 149 Å². The van der Waals surface area contributed by atoms with Crippen LogP contribution in [0.5, 0.6) is 0 Å². The first-order valence-electron chi connectivity index (χ1n) is 14.1. The number of nitrogens with zero attached hydrogens (tertiary/aromatic N) is 2. The molecule has 222 valence electrons. The number of carbonyl (C=O) groups is 4. The van der Waals surface area contributed by atoms with Crippen LogP contribution in [-0.4, -0.2) is 68.5 Å². The number of likely N-dealkylation sites (tertiary alicyclic amines) is 1. The van der Waals surface area contributed by atoms with Crippen LogP contribution in [0.3, 0.4) is 0 Å². The molecule has 2 fully saturated rings. The Labute approximate surface area is 244 Å². The number of benzene rings is 1. The van der Waals surface area contributed by atoms with Crippen molar-refractivity contribution in [3.8, 4) is 10.4 Å². The lowest BCUT2D eigenvalue weighted by atomic mass is 9.80. The lowest BCUT2D eigenvalue weighted by molar-refractivity contribution is -0.146. The molecular formula is C30H40N4O6S. The highest BCUT2D eigenvalue weighted by Crippen LogP contribution is 2.31. The fourth-order valence-corrected chi connectivity index (χ4v) is 6.45. The van der Waals surface area contributed by atoms with Gasteiger partial charge in [0.1, 0.15) is 12.1 Å². The minimum atomic E-state index is -0.907. The van der Waals surface area contributed by atoms with Crippen LogP contribution in [0.1, 0.15) is 64.1 Å². The number of amides is 3. The minimum absolute atomic E-state index is 0.00594.